The molecule has 2 aliphatic rings. The lowest BCUT2D eigenvalue weighted by Gasteiger charge is -2.41. The number of hydrogen-bond acceptors (Lipinski definition) is 4. The summed E-state index contributed by atoms with van der Waals surface area (Å²) < 4.78 is 5.54. The maximum absolute atomic E-state index is 13.1. The zero-order valence-electron chi connectivity index (χ0n) is 23.8. The highest BCUT2D eigenvalue weighted by Gasteiger charge is 2.56. The predicted molar refractivity (Wildman–Crippen MR) is 162 cm³/mol. The Bertz CT molecular complexity index is 1560. The molecule has 1 aliphatic heterocycles. The third-order valence-corrected chi connectivity index (χ3v) is 9.02. The summed E-state index contributed by atoms with van der Waals surface area (Å²) in [6.45, 7) is 12.2. The molecular weight excluding hydrogens is 496 g/mol. The van der Waals surface area contributed by atoms with Crippen LogP contribution in [0.2, 0.25) is 0 Å². The van der Waals surface area contributed by atoms with Gasteiger partial charge >= 0.3 is 0 Å². The number of para-hydroxylation sites is 1. The van der Waals surface area contributed by atoms with E-state index < -0.39 is 5.41 Å². The first-order chi connectivity index (χ1) is 19.3. The lowest BCUT2D eigenvalue weighted by atomic mass is 9.91. The van der Waals surface area contributed by atoms with Crippen LogP contribution in [0.15, 0.2) is 66.7 Å². The molecule has 0 bridgehead atoms. The maximum atomic E-state index is 13.1. The number of anilines is 1. The first-order valence-corrected chi connectivity index (χ1v) is 14.2. The van der Waals surface area contributed by atoms with E-state index in [-0.39, 0.29) is 17.4 Å². The Labute approximate surface area is 236 Å². The van der Waals surface area contributed by atoms with Crippen molar-refractivity contribution >= 4 is 34.6 Å². The third-order valence-electron chi connectivity index (χ3n) is 9.02. The van der Waals surface area contributed by atoms with Gasteiger partial charge in [0.2, 0.25) is 5.91 Å². The molecule has 4 aromatic rings. The first-order valence-electron chi connectivity index (χ1n) is 14.2. The molecule has 1 amide bonds. The molecule has 2 fully saturated rings. The van der Waals surface area contributed by atoms with Gasteiger partial charge in [0.05, 0.1) is 29.8 Å². The van der Waals surface area contributed by atoms with Gasteiger partial charge in [-0.05, 0) is 73.6 Å². The van der Waals surface area contributed by atoms with Crippen molar-refractivity contribution in [2.45, 2.75) is 45.6 Å². The van der Waals surface area contributed by atoms with Gasteiger partial charge < -0.3 is 10.1 Å². The molecule has 2 heterocycles. The van der Waals surface area contributed by atoms with Crippen LogP contribution in [-0.2, 0) is 15.1 Å². The highest BCUT2D eigenvalue weighted by molar-refractivity contribution is 5.99. The smallest absolute Gasteiger partial charge is 0.230 e. The second kappa shape index (κ2) is 10.3. The number of morpholine rings is 1. The van der Waals surface area contributed by atoms with E-state index in [1.54, 1.807) is 0 Å². The fraction of sp³-hybridized carbons (Fsp3) is 0.353. The van der Waals surface area contributed by atoms with Crippen molar-refractivity contribution in [3.63, 3.8) is 0 Å². The van der Waals surface area contributed by atoms with E-state index >= 15 is 0 Å². The summed E-state index contributed by atoms with van der Waals surface area (Å²) in [5.41, 5.74) is 7.06. The number of amides is 1. The van der Waals surface area contributed by atoms with Crippen molar-refractivity contribution in [1.29, 1.82) is 0 Å². The van der Waals surface area contributed by atoms with Crippen LogP contribution in [0.5, 0.6) is 0 Å². The minimum absolute atomic E-state index is 0.0269. The molecule has 1 aliphatic carbocycles. The number of fused-ring (bicyclic) bond motifs is 1. The Balaban J connectivity index is 1.13. The number of carbonyl (C=O) groups is 1. The number of aromatic amines is 1. The minimum Gasteiger partial charge on any atom is -0.379 e. The van der Waals surface area contributed by atoms with Crippen molar-refractivity contribution in [1.82, 2.24) is 15.1 Å². The molecule has 3 aromatic carbocycles. The van der Waals surface area contributed by atoms with Crippen LogP contribution in [0.4, 0.5) is 5.69 Å². The summed E-state index contributed by atoms with van der Waals surface area (Å²) in [5, 5.41) is 12.0. The second-order valence-corrected chi connectivity index (χ2v) is 12.0. The van der Waals surface area contributed by atoms with Crippen molar-refractivity contribution < 1.29 is 9.53 Å². The number of ether oxygens (including phenoxy) is 1. The zero-order chi connectivity index (χ0) is 27.9. The number of aryl methyl sites for hydroxylation is 1. The van der Waals surface area contributed by atoms with Crippen LogP contribution in [-0.4, -0.2) is 47.3 Å². The standard InChI is InChI=1S/C34H38N4O2/c1-23-7-5-6-8-29(23)35-32(39)34(4)22-28(34)25-12-15-27-30(36-37-31(27)21-25)16-11-24-9-13-26(14-10-24)33(2,3)38-17-19-40-20-18-38/h5-16,21,28H,17-20,22H2,1-4H3,(H,35,39)(H,36,37)/b16-11+/t28-,34+/m0/s1. The monoisotopic (exact) mass is 534 g/mol. The number of H-pyrrole nitrogens is 1. The van der Waals surface area contributed by atoms with Crippen LogP contribution < -0.4 is 5.32 Å². The molecule has 0 radical (unpaired) electrons. The van der Waals surface area contributed by atoms with E-state index in [9.17, 15) is 4.79 Å². The Morgan fingerprint density at radius 3 is 2.58 bits per heavy atom. The number of rotatable bonds is 7. The van der Waals surface area contributed by atoms with Crippen molar-refractivity contribution in [3.05, 3.63) is 94.7 Å². The molecule has 0 spiro atoms. The molecule has 2 N–H and O–H groups in total. The van der Waals surface area contributed by atoms with Gasteiger partial charge in [-0.2, -0.15) is 5.10 Å². The summed E-state index contributed by atoms with van der Waals surface area (Å²) in [6.07, 6.45) is 5.02. The average Bonchev–Trinajstić information content (AvgIpc) is 3.52. The normalized spacial score (nSPS) is 21.6. The number of hydrogen-bond donors (Lipinski definition) is 2. The Morgan fingerprint density at radius 1 is 1.07 bits per heavy atom. The number of benzene rings is 3. The quantitative estimate of drug-likeness (QED) is 0.275. The fourth-order valence-electron chi connectivity index (χ4n) is 5.96. The third kappa shape index (κ3) is 4.98. The lowest BCUT2D eigenvalue weighted by molar-refractivity contribution is -0.120. The van der Waals surface area contributed by atoms with Crippen molar-refractivity contribution in [2.24, 2.45) is 5.41 Å². The number of nitrogens with one attached hydrogen (secondary N) is 2. The van der Waals surface area contributed by atoms with Gasteiger partial charge in [-0.3, -0.25) is 14.8 Å². The molecule has 206 valence electrons. The van der Waals surface area contributed by atoms with Crippen LogP contribution in [0, 0.1) is 12.3 Å². The van der Waals surface area contributed by atoms with Gasteiger partial charge in [-0.25, -0.2) is 0 Å². The molecule has 2 atom stereocenters. The second-order valence-electron chi connectivity index (χ2n) is 12.0. The Morgan fingerprint density at radius 2 is 1.82 bits per heavy atom. The molecule has 6 heteroatoms. The lowest BCUT2D eigenvalue weighted by Crippen LogP contribution is -2.47. The zero-order valence-corrected chi connectivity index (χ0v) is 23.8. The number of nitrogens with zero attached hydrogens (tertiary/aromatic N) is 2. The molecule has 6 rings (SSSR count). The van der Waals surface area contributed by atoms with Gasteiger partial charge in [0.25, 0.3) is 0 Å². The summed E-state index contributed by atoms with van der Waals surface area (Å²) in [6, 6.07) is 23.2. The fourth-order valence-corrected chi connectivity index (χ4v) is 5.96. The van der Waals surface area contributed by atoms with Crippen LogP contribution in [0.1, 0.15) is 61.1 Å². The molecule has 1 aromatic heterocycles. The van der Waals surface area contributed by atoms with Crippen LogP contribution in [0.3, 0.4) is 0 Å². The molecular formula is C34H38N4O2. The van der Waals surface area contributed by atoms with Crippen LogP contribution in [0.25, 0.3) is 23.1 Å². The molecule has 0 unspecified atom stereocenters. The molecule has 1 saturated heterocycles. The van der Waals surface area contributed by atoms with Crippen LogP contribution >= 0.6 is 0 Å². The van der Waals surface area contributed by atoms with Gasteiger partial charge in [-0.15, -0.1) is 0 Å². The number of carbonyl (C=O) groups excluding carboxylic acids is 1. The van der Waals surface area contributed by atoms with E-state index in [0.29, 0.717) is 0 Å². The predicted octanol–water partition coefficient (Wildman–Crippen LogP) is 6.74. The van der Waals surface area contributed by atoms with Gasteiger partial charge in [0.1, 0.15) is 0 Å². The van der Waals surface area contributed by atoms with E-state index in [2.05, 4.69) is 95.8 Å². The largest absolute Gasteiger partial charge is 0.379 e. The SMILES string of the molecule is Cc1ccccc1NC(=O)[C@]1(C)C[C@H]1c1ccc2c(/C=C/c3ccc(C(C)(C)N4CCOCC4)cc3)n[nH]c2c1. The van der Waals surface area contributed by atoms with Crippen molar-refractivity contribution in [3.8, 4) is 0 Å². The summed E-state index contributed by atoms with van der Waals surface area (Å²) in [7, 11) is 0. The average molecular weight is 535 g/mol. The molecule has 40 heavy (non-hydrogen) atoms. The number of aromatic nitrogens is 2. The van der Waals surface area contributed by atoms with Gasteiger partial charge in [-0.1, -0.05) is 67.6 Å². The summed E-state index contributed by atoms with van der Waals surface area (Å²) in [4.78, 5) is 15.6. The van der Waals surface area contributed by atoms with E-state index in [4.69, 9.17) is 4.74 Å². The van der Waals surface area contributed by atoms with E-state index in [1.807, 2.05) is 31.2 Å². The molecule has 6 nitrogen and oxygen atoms in total. The first kappa shape index (κ1) is 26.5. The summed E-state index contributed by atoms with van der Waals surface area (Å²) >= 11 is 0. The highest BCUT2D eigenvalue weighted by Crippen LogP contribution is 2.59. The minimum atomic E-state index is -0.402. The maximum Gasteiger partial charge on any atom is 0.230 e. The molecule has 1 saturated carbocycles. The highest BCUT2D eigenvalue weighted by atomic mass is 16.5. The van der Waals surface area contributed by atoms with E-state index in [0.717, 1.165) is 66.1 Å². The summed E-state index contributed by atoms with van der Waals surface area (Å²) in [5.74, 6) is 0.280. The Kier molecular flexibility index (Phi) is 6.85. The van der Waals surface area contributed by atoms with Crippen molar-refractivity contribution in [2.75, 3.05) is 31.6 Å². The van der Waals surface area contributed by atoms with Gasteiger partial charge in [0, 0.05) is 29.7 Å². The van der Waals surface area contributed by atoms with Gasteiger partial charge in [0.15, 0.2) is 0 Å². The van der Waals surface area contributed by atoms with E-state index in [1.165, 1.54) is 11.1 Å². The Hall–Kier alpha value is -3.74. The topological polar surface area (TPSA) is 70.2 Å².